The van der Waals surface area contributed by atoms with Gasteiger partial charge in [-0.15, -0.1) is 0 Å². The standard InChI is InChI=1S/C18H19ClO3/c1-3-18(2,17(20)21)22-16-10-6-14(7-11-16)12-13-4-8-15(19)9-5-13/h4-11H,3,12H2,1-2H3,(H,20,21)/t18-/m1/s1. The van der Waals surface area contributed by atoms with E-state index in [2.05, 4.69) is 0 Å². The number of ether oxygens (including phenoxy) is 1. The molecule has 0 bridgehead atoms. The summed E-state index contributed by atoms with van der Waals surface area (Å²) in [6.45, 7) is 3.37. The Morgan fingerprint density at radius 3 is 2.05 bits per heavy atom. The smallest absolute Gasteiger partial charge is 0.347 e. The van der Waals surface area contributed by atoms with Crippen molar-refractivity contribution in [3.05, 3.63) is 64.7 Å². The molecule has 0 spiro atoms. The molecule has 0 aliphatic rings. The summed E-state index contributed by atoms with van der Waals surface area (Å²) in [4.78, 5) is 11.3. The first-order valence-corrected chi connectivity index (χ1v) is 7.56. The predicted octanol–water partition coefficient (Wildman–Crippen LogP) is 4.56. The third-order valence-corrected chi connectivity index (χ3v) is 3.97. The van der Waals surface area contributed by atoms with Crippen LogP contribution in [0.15, 0.2) is 48.5 Å². The van der Waals surface area contributed by atoms with Crippen LogP contribution in [0.4, 0.5) is 0 Å². The molecule has 3 nitrogen and oxygen atoms in total. The van der Waals surface area contributed by atoms with Crippen molar-refractivity contribution in [2.24, 2.45) is 0 Å². The first-order chi connectivity index (χ1) is 10.4. The quantitative estimate of drug-likeness (QED) is 0.849. The van der Waals surface area contributed by atoms with Gasteiger partial charge in [-0.2, -0.15) is 0 Å². The molecular weight excluding hydrogens is 300 g/mol. The molecule has 116 valence electrons. The molecule has 0 saturated carbocycles. The van der Waals surface area contributed by atoms with E-state index in [1.165, 1.54) is 5.56 Å². The van der Waals surface area contributed by atoms with Crippen LogP contribution in [-0.4, -0.2) is 16.7 Å². The number of halogens is 1. The molecule has 1 atom stereocenters. The van der Waals surface area contributed by atoms with Gasteiger partial charge in [-0.25, -0.2) is 4.79 Å². The number of aliphatic carboxylic acids is 1. The Hall–Kier alpha value is -2.00. The number of carboxylic acid groups (broad SMARTS) is 1. The van der Waals surface area contributed by atoms with Crippen LogP contribution < -0.4 is 4.74 Å². The van der Waals surface area contributed by atoms with Crippen LogP contribution in [0, 0.1) is 0 Å². The highest BCUT2D eigenvalue weighted by atomic mass is 35.5. The van der Waals surface area contributed by atoms with Gasteiger partial charge in [-0.3, -0.25) is 0 Å². The van der Waals surface area contributed by atoms with E-state index in [1.54, 1.807) is 13.8 Å². The molecule has 0 fully saturated rings. The maximum Gasteiger partial charge on any atom is 0.347 e. The third kappa shape index (κ3) is 4.01. The minimum Gasteiger partial charge on any atom is -0.478 e. The normalized spacial score (nSPS) is 13.4. The van der Waals surface area contributed by atoms with Crippen LogP contribution in [0.5, 0.6) is 5.75 Å². The molecule has 4 heteroatoms. The van der Waals surface area contributed by atoms with E-state index in [0.29, 0.717) is 12.2 Å². The summed E-state index contributed by atoms with van der Waals surface area (Å²) in [6, 6.07) is 15.2. The molecular formula is C18H19ClO3. The summed E-state index contributed by atoms with van der Waals surface area (Å²) in [6.07, 6.45) is 1.19. The highest BCUT2D eigenvalue weighted by Gasteiger charge is 2.33. The Morgan fingerprint density at radius 2 is 1.59 bits per heavy atom. The van der Waals surface area contributed by atoms with Crippen molar-refractivity contribution in [3.63, 3.8) is 0 Å². The van der Waals surface area contributed by atoms with Gasteiger partial charge in [-0.05, 0) is 55.2 Å². The van der Waals surface area contributed by atoms with Gasteiger partial charge in [0.05, 0.1) is 0 Å². The fraction of sp³-hybridized carbons (Fsp3) is 0.278. The summed E-state index contributed by atoms with van der Waals surface area (Å²) in [5.41, 5.74) is 1.10. The number of hydrogen-bond donors (Lipinski definition) is 1. The molecule has 0 aromatic heterocycles. The van der Waals surface area contributed by atoms with E-state index >= 15 is 0 Å². The monoisotopic (exact) mass is 318 g/mol. The van der Waals surface area contributed by atoms with Crippen LogP contribution in [0.25, 0.3) is 0 Å². The van der Waals surface area contributed by atoms with Crippen molar-refractivity contribution in [1.82, 2.24) is 0 Å². The molecule has 0 amide bonds. The van der Waals surface area contributed by atoms with Gasteiger partial charge < -0.3 is 9.84 Å². The summed E-state index contributed by atoms with van der Waals surface area (Å²) >= 11 is 5.87. The van der Waals surface area contributed by atoms with E-state index in [0.717, 1.165) is 17.0 Å². The second kappa shape index (κ2) is 6.84. The zero-order valence-corrected chi connectivity index (χ0v) is 13.4. The molecule has 22 heavy (non-hydrogen) atoms. The Kier molecular flexibility index (Phi) is 5.09. The van der Waals surface area contributed by atoms with Crippen molar-refractivity contribution in [2.75, 3.05) is 0 Å². The minimum atomic E-state index is -1.20. The number of carboxylic acids is 1. The Bertz CT molecular complexity index is 634. The number of hydrogen-bond acceptors (Lipinski definition) is 2. The molecule has 0 aliphatic heterocycles. The van der Waals surface area contributed by atoms with Crippen LogP contribution in [0.1, 0.15) is 31.4 Å². The summed E-state index contributed by atoms with van der Waals surface area (Å²) in [5.74, 6) is -0.396. The third-order valence-electron chi connectivity index (χ3n) is 3.72. The Labute approximate surface area is 135 Å². The Morgan fingerprint density at radius 1 is 1.09 bits per heavy atom. The fourth-order valence-corrected chi connectivity index (χ4v) is 2.17. The number of benzene rings is 2. The molecule has 1 N–H and O–H groups in total. The number of rotatable bonds is 6. The Balaban J connectivity index is 2.07. The van der Waals surface area contributed by atoms with Crippen LogP contribution >= 0.6 is 11.6 Å². The predicted molar refractivity (Wildman–Crippen MR) is 87.7 cm³/mol. The molecule has 0 saturated heterocycles. The first-order valence-electron chi connectivity index (χ1n) is 7.19. The van der Waals surface area contributed by atoms with E-state index < -0.39 is 11.6 Å². The zero-order chi connectivity index (χ0) is 16.2. The van der Waals surface area contributed by atoms with Crippen molar-refractivity contribution in [1.29, 1.82) is 0 Å². The maximum absolute atomic E-state index is 11.3. The molecule has 0 radical (unpaired) electrons. The highest BCUT2D eigenvalue weighted by Crippen LogP contribution is 2.23. The maximum atomic E-state index is 11.3. The first kappa shape index (κ1) is 16.4. The lowest BCUT2D eigenvalue weighted by Gasteiger charge is -2.24. The lowest BCUT2D eigenvalue weighted by molar-refractivity contribution is -0.154. The zero-order valence-electron chi connectivity index (χ0n) is 12.7. The van der Waals surface area contributed by atoms with E-state index in [4.69, 9.17) is 16.3 Å². The van der Waals surface area contributed by atoms with Crippen molar-refractivity contribution >= 4 is 17.6 Å². The SMILES string of the molecule is CC[C@@](C)(Oc1ccc(Cc2ccc(Cl)cc2)cc1)C(=O)O. The molecule has 2 aromatic rings. The lowest BCUT2D eigenvalue weighted by atomic mass is 10.0. The average Bonchev–Trinajstić information content (AvgIpc) is 2.51. The summed E-state index contributed by atoms with van der Waals surface area (Å²) < 4.78 is 5.62. The van der Waals surface area contributed by atoms with Gasteiger partial charge in [0.1, 0.15) is 5.75 Å². The molecule has 2 aromatic carbocycles. The molecule has 0 heterocycles. The average molecular weight is 319 g/mol. The van der Waals surface area contributed by atoms with Crippen LogP contribution in [0.3, 0.4) is 0 Å². The van der Waals surface area contributed by atoms with Gasteiger partial charge in [0.25, 0.3) is 0 Å². The second-order valence-electron chi connectivity index (χ2n) is 5.44. The van der Waals surface area contributed by atoms with Crippen LogP contribution in [-0.2, 0) is 11.2 Å². The largest absolute Gasteiger partial charge is 0.478 e. The summed E-state index contributed by atoms with van der Waals surface area (Å²) in [7, 11) is 0. The van der Waals surface area contributed by atoms with Crippen molar-refractivity contribution < 1.29 is 14.6 Å². The summed E-state index contributed by atoms with van der Waals surface area (Å²) in [5, 5.41) is 9.95. The molecule has 0 unspecified atom stereocenters. The van der Waals surface area contributed by atoms with Gasteiger partial charge in [0.15, 0.2) is 0 Å². The van der Waals surface area contributed by atoms with Gasteiger partial charge in [0.2, 0.25) is 5.60 Å². The van der Waals surface area contributed by atoms with Crippen molar-refractivity contribution in [2.45, 2.75) is 32.3 Å². The van der Waals surface area contributed by atoms with E-state index in [9.17, 15) is 9.90 Å². The van der Waals surface area contributed by atoms with Crippen molar-refractivity contribution in [3.8, 4) is 5.75 Å². The highest BCUT2D eigenvalue weighted by molar-refractivity contribution is 6.30. The van der Waals surface area contributed by atoms with E-state index in [-0.39, 0.29) is 0 Å². The number of carbonyl (C=O) groups is 1. The second-order valence-corrected chi connectivity index (χ2v) is 5.88. The lowest BCUT2D eigenvalue weighted by Crippen LogP contribution is -2.40. The van der Waals surface area contributed by atoms with Gasteiger partial charge in [-0.1, -0.05) is 42.8 Å². The topological polar surface area (TPSA) is 46.5 Å². The fourth-order valence-electron chi connectivity index (χ4n) is 2.04. The van der Waals surface area contributed by atoms with E-state index in [1.807, 2.05) is 48.5 Å². The van der Waals surface area contributed by atoms with Gasteiger partial charge >= 0.3 is 5.97 Å². The molecule has 0 aliphatic carbocycles. The van der Waals surface area contributed by atoms with Crippen LogP contribution in [0.2, 0.25) is 5.02 Å². The molecule has 2 rings (SSSR count). The van der Waals surface area contributed by atoms with Gasteiger partial charge in [0, 0.05) is 5.02 Å². The minimum absolute atomic E-state index is 0.398.